The highest BCUT2D eigenvalue weighted by Crippen LogP contribution is 2.29. The van der Waals surface area contributed by atoms with Gasteiger partial charge in [0.1, 0.15) is 5.25 Å². The fraction of sp³-hybridized carbons (Fsp3) is 0.407. The molecule has 0 saturated carbocycles. The molecule has 0 aliphatic carbocycles. The molecule has 2 aliphatic heterocycles. The summed E-state index contributed by atoms with van der Waals surface area (Å²) in [5.74, 6) is -0.217. The number of aliphatic imine (C=N–C) groups is 1. The molecule has 2 unspecified atom stereocenters. The number of thioether (sulfide) groups is 1. The van der Waals surface area contributed by atoms with Gasteiger partial charge in [-0.05, 0) is 73.6 Å². The van der Waals surface area contributed by atoms with Gasteiger partial charge in [0.15, 0.2) is 5.17 Å². The maximum Gasteiger partial charge on any atom is 0.262 e. The smallest absolute Gasteiger partial charge is 0.262 e. The van der Waals surface area contributed by atoms with Crippen LogP contribution in [-0.2, 0) is 9.59 Å². The van der Waals surface area contributed by atoms with Crippen molar-refractivity contribution in [3.05, 3.63) is 59.7 Å². The Morgan fingerprint density at radius 1 is 1.00 bits per heavy atom. The summed E-state index contributed by atoms with van der Waals surface area (Å²) in [5.41, 5.74) is 3.06. The first-order valence-corrected chi connectivity index (χ1v) is 13.2. The molecule has 0 spiro atoms. The standard InChI is InChI=1S/C27H32N4O3S/c1-3-18(2)19-7-11-22(12-8-19)29-25(33)20-9-13-21(14-10-20)28-24(32)17-23-26(34)30-27(35-23)31-15-5-4-6-16-31/h7-14,18,23H,3-6,15-17H2,1-2H3,(H,28,32)(H,29,33). The number of carbonyl (C=O) groups is 3. The van der Waals surface area contributed by atoms with E-state index in [-0.39, 0.29) is 24.1 Å². The molecular formula is C27H32N4O3S. The quantitative estimate of drug-likeness (QED) is 0.550. The number of hydrogen-bond donors (Lipinski definition) is 2. The number of nitrogens with zero attached hydrogens (tertiary/aromatic N) is 2. The molecule has 2 N–H and O–H groups in total. The summed E-state index contributed by atoms with van der Waals surface area (Å²) in [6.07, 6.45) is 4.56. The number of nitrogens with one attached hydrogen (secondary N) is 2. The number of benzene rings is 2. The van der Waals surface area contributed by atoms with E-state index >= 15 is 0 Å². The van der Waals surface area contributed by atoms with Crippen molar-refractivity contribution in [2.45, 2.75) is 57.1 Å². The Hall–Kier alpha value is -3.13. The molecule has 184 valence electrons. The Morgan fingerprint density at radius 3 is 2.29 bits per heavy atom. The van der Waals surface area contributed by atoms with Gasteiger partial charge in [0, 0.05) is 36.4 Å². The summed E-state index contributed by atoms with van der Waals surface area (Å²) in [5, 5.41) is 5.99. The van der Waals surface area contributed by atoms with E-state index in [2.05, 4.69) is 34.4 Å². The molecule has 0 bridgehead atoms. The molecule has 2 heterocycles. The molecule has 3 amide bonds. The first kappa shape index (κ1) is 25.0. The zero-order valence-corrected chi connectivity index (χ0v) is 21.1. The van der Waals surface area contributed by atoms with Crippen LogP contribution >= 0.6 is 11.8 Å². The van der Waals surface area contributed by atoms with Gasteiger partial charge in [0.05, 0.1) is 0 Å². The average molecular weight is 493 g/mol. The minimum absolute atomic E-state index is 0.0687. The second-order valence-electron chi connectivity index (χ2n) is 9.10. The first-order chi connectivity index (χ1) is 16.9. The van der Waals surface area contributed by atoms with Crippen LogP contribution in [0.5, 0.6) is 0 Å². The van der Waals surface area contributed by atoms with Crippen LogP contribution in [0.25, 0.3) is 0 Å². The van der Waals surface area contributed by atoms with Crippen molar-refractivity contribution >= 4 is 46.0 Å². The topological polar surface area (TPSA) is 90.9 Å². The first-order valence-electron chi connectivity index (χ1n) is 12.3. The van der Waals surface area contributed by atoms with Crippen LogP contribution in [-0.4, -0.2) is 46.1 Å². The second-order valence-corrected chi connectivity index (χ2v) is 10.3. The molecule has 35 heavy (non-hydrogen) atoms. The molecule has 2 aromatic carbocycles. The summed E-state index contributed by atoms with van der Waals surface area (Å²) in [6.45, 7) is 6.17. The third kappa shape index (κ3) is 6.51. The van der Waals surface area contributed by atoms with Gasteiger partial charge in [0.2, 0.25) is 5.91 Å². The van der Waals surface area contributed by atoms with Crippen LogP contribution in [0, 0.1) is 0 Å². The number of rotatable bonds is 7. The molecule has 2 atom stereocenters. The van der Waals surface area contributed by atoms with Crippen LogP contribution < -0.4 is 10.6 Å². The van der Waals surface area contributed by atoms with E-state index in [1.165, 1.54) is 23.7 Å². The number of anilines is 2. The van der Waals surface area contributed by atoms with Crippen molar-refractivity contribution in [2.24, 2.45) is 4.99 Å². The predicted octanol–water partition coefficient (Wildman–Crippen LogP) is 5.26. The Morgan fingerprint density at radius 2 is 1.63 bits per heavy atom. The summed E-state index contributed by atoms with van der Waals surface area (Å²) in [6, 6.07) is 14.6. The Kier molecular flexibility index (Phi) is 8.23. The van der Waals surface area contributed by atoms with Gasteiger partial charge in [-0.25, -0.2) is 0 Å². The molecule has 7 nitrogen and oxygen atoms in total. The van der Waals surface area contributed by atoms with Crippen molar-refractivity contribution in [3.8, 4) is 0 Å². The van der Waals surface area contributed by atoms with Crippen molar-refractivity contribution in [1.82, 2.24) is 4.90 Å². The van der Waals surface area contributed by atoms with E-state index in [4.69, 9.17) is 0 Å². The zero-order valence-electron chi connectivity index (χ0n) is 20.3. The fourth-order valence-corrected chi connectivity index (χ4v) is 5.27. The maximum atomic E-state index is 12.6. The van der Waals surface area contributed by atoms with E-state index in [0.29, 0.717) is 17.2 Å². The highest BCUT2D eigenvalue weighted by atomic mass is 32.2. The molecular weight excluding hydrogens is 460 g/mol. The summed E-state index contributed by atoms with van der Waals surface area (Å²) in [4.78, 5) is 43.7. The van der Waals surface area contributed by atoms with Crippen LogP contribution in [0.3, 0.4) is 0 Å². The lowest BCUT2D eigenvalue weighted by molar-refractivity contribution is -0.121. The highest BCUT2D eigenvalue weighted by molar-refractivity contribution is 8.15. The molecule has 1 fully saturated rings. The monoisotopic (exact) mass is 492 g/mol. The number of carbonyl (C=O) groups excluding carboxylic acids is 3. The molecule has 8 heteroatoms. The van der Waals surface area contributed by atoms with Crippen LogP contribution in [0.4, 0.5) is 11.4 Å². The minimum atomic E-state index is -0.483. The highest BCUT2D eigenvalue weighted by Gasteiger charge is 2.33. The largest absolute Gasteiger partial charge is 0.351 e. The Balaban J connectivity index is 1.27. The van der Waals surface area contributed by atoms with Gasteiger partial charge in [-0.2, -0.15) is 4.99 Å². The lowest BCUT2D eigenvalue weighted by Gasteiger charge is -2.27. The van der Waals surface area contributed by atoms with E-state index < -0.39 is 5.25 Å². The Labute approximate surface area is 210 Å². The third-order valence-corrected chi connectivity index (χ3v) is 7.72. The molecule has 2 aliphatic rings. The van der Waals surface area contributed by atoms with Crippen LogP contribution in [0.15, 0.2) is 53.5 Å². The fourth-order valence-electron chi connectivity index (χ4n) is 4.15. The van der Waals surface area contributed by atoms with Crippen LogP contribution in [0.1, 0.15) is 67.8 Å². The van der Waals surface area contributed by atoms with E-state index in [0.717, 1.165) is 43.2 Å². The van der Waals surface area contributed by atoms with E-state index in [1.807, 2.05) is 24.3 Å². The van der Waals surface area contributed by atoms with Gasteiger partial charge in [-0.1, -0.05) is 37.7 Å². The van der Waals surface area contributed by atoms with Gasteiger partial charge >= 0.3 is 0 Å². The normalized spacial score (nSPS) is 18.7. The number of likely N-dealkylation sites (tertiary alicyclic amines) is 1. The van der Waals surface area contributed by atoms with Crippen molar-refractivity contribution in [1.29, 1.82) is 0 Å². The Bertz CT molecular complexity index is 1090. The molecule has 0 aromatic heterocycles. The van der Waals surface area contributed by atoms with E-state index in [9.17, 15) is 14.4 Å². The lowest BCUT2D eigenvalue weighted by Crippen LogP contribution is -2.33. The average Bonchev–Trinajstić information content (AvgIpc) is 3.24. The molecule has 1 saturated heterocycles. The summed E-state index contributed by atoms with van der Waals surface area (Å²) < 4.78 is 0. The number of amidine groups is 1. The van der Waals surface area contributed by atoms with Crippen molar-refractivity contribution < 1.29 is 14.4 Å². The number of amides is 3. The van der Waals surface area contributed by atoms with Crippen molar-refractivity contribution in [3.63, 3.8) is 0 Å². The van der Waals surface area contributed by atoms with Gasteiger partial charge < -0.3 is 15.5 Å². The molecule has 0 radical (unpaired) electrons. The van der Waals surface area contributed by atoms with Gasteiger partial charge in [-0.15, -0.1) is 0 Å². The summed E-state index contributed by atoms with van der Waals surface area (Å²) in [7, 11) is 0. The minimum Gasteiger partial charge on any atom is -0.351 e. The summed E-state index contributed by atoms with van der Waals surface area (Å²) >= 11 is 1.39. The SMILES string of the molecule is CCC(C)c1ccc(NC(=O)c2ccc(NC(=O)CC3SC(N4CCCCC4)=NC3=O)cc2)cc1. The third-order valence-electron chi connectivity index (χ3n) is 6.51. The number of piperidine rings is 1. The molecule has 2 aromatic rings. The van der Waals surface area contributed by atoms with Gasteiger partial charge in [0.25, 0.3) is 11.8 Å². The van der Waals surface area contributed by atoms with E-state index in [1.54, 1.807) is 24.3 Å². The van der Waals surface area contributed by atoms with Crippen molar-refractivity contribution in [2.75, 3.05) is 23.7 Å². The zero-order chi connectivity index (χ0) is 24.8. The molecule has 4 rings (SSSR count). The maximum absolute atomic E-state index is 12.6. The lowest BCUT2D eigenvalue weighted by atomic mass is 9.98. The predicted molar refractivity (Wildman–Crippen MR) is 142 cm³/mol. The van der Waals surface area contributed by atoms with Gasteiger partial charge in [-0.3, -0.25) is 14.4 Å². The van der Waals surface area contributed by atoms with Crippen LogP contribution in [0.2, 0.25) is 0 Å². The second kappa shape index (κ2) is 11.5. The number of hydrogen-bond acceptors (Lipinski definition) is 5.